The lowest BCUT2D eigenvalue weighted by molar-refractivity contribution is -0.118. The van der Waals surface area contributed by atoms with Gasteiger partial charge in [-0.25, -0.2) is 18.1 Å². The minimum atomic E-state index is -3.78. The third-order valence-corrected chi connectivity index (χ3v) is 8.37. The Labute approximate surface area is 220 Å². The highest BCUT2D eigenvalue weighted by Gasteiger charge is 2.51. The van der Waals surface area contributed by atoms with Gasteiger partial charge in [-0.15, -0.1) is 0 Å². The van der Waals surface area contributed by atoms with Crippen molar-refractivity contribution in [3.8, 4) is 22.8 Å². The molecule has 3 N–H and O–H groups in total. The minimum Gasteiger partial charge on any atom is -0.454 e. The van der Waals surface area contributed by atoms with Crippen molar-refractivity contribution in [2.75, 3.05) is 18.7 Å². The molecule has 1 aromatic heterocycles. The summed E-state index contributed by atoms with van der Waals surface area (Å²) >= 11 is 0. The summed E-state index contributed by atoms with van der Waals surface area (Å²) in [5, 5.41) is 12.4. The molecule has 10 heteroatoms. The number of nitrogens with one attached hydrogen (secondary N) is 2. The van der Waals surface area contributed by atoms with E-state index in [1.54, 1.807) is 30.3 Å². The molecule has 1 aliphatic heterocycles. The first-order valence-electron chi connectivity index (χ1n) is 12.1. The van der Waals surface area contributed by atoms with Gasteiger partial charge in [-0.2, -0.15) is 0 Å². The second-order valence-corrected chi connectivity index (χ2v) is 11.4. The Hall–Kier alpha value is -3.47. The number of rotatable bonds is 9. The molecule has 0 radical (unpaired) electrons. The summed E-state index contributed by atoms with van der Waals surface area (Å²) in [6.45, 7) is 3.57. The number of hydrogen-bond acceptors (Lipinski definition) is 7. The summed E-state index contributed by atoms with van der Waals surface area (Å²) in [5.74, 6) is 1.55. The lowest BCUT2D eigenvalue weighted by atomic mass is 9.94. The van der Waals surface area contributed by atoms with Gasteiger partial charge < -0.3 is 19.9 Å². The van der Waals surface area contributed by atoms with Crippen molar-refractivity contribution >= 4 is 21.7 Å². The number of sulfonamides is 1. The molecule has 1 saturated carbocycles. The second-order valence-electron chi connectivity index (χ2n) is 9.69. The van der Waals surface area contributed by atoms with Gasteiger partial charge in [0.05, 0.1) is 22.6 Å². The van der Waals surface area contributed by atoms with Gasteiger partial charge in [0.2, 0.25) is 22.7 Å². The summed E-state index contributed by atoms with van der Waals surface area (Å²) in [4.78, 5) is 17.9. The van der Waals surface area contributed by atoms with E-state index < -0.39 is 21.5 Å². The lowest BCUT2D eigenvalue weighted by Gasteiger charge is -2.20. The molecule has 3 aromatic rings. The Kier molecular flexibility index (Phi) is 6.65. The number of benzene rings is 2. The molecule has 2 aromatic carbocycles. The summed E-state index contributed by atoms with van der Waals surface area (Å²) in [5.41, 5.74) is 1.56. The molecule has 1 amide bonds. The molecule has 1 aliphatic carbocycles. The topological polar surface area (TPSA) is 127 Å². The van der Waals surface area contributed by atoms with Crippen molar-refractivity contribution in [1.82, 2.24) is 9.71 Å². The van der Waals surface area contributed by atoms with Crippen molar-refractivity contribution in [3.63, 3.8) is 0 Å². The van der Waals surface area contributed by atoms with E-state index in [-0.39, 0.29) is 34.4 Å². The smallest absolute Gasteiger partial charge is 0.240 e. The third-order valence-electron chi connectivity index (χ3n) is 6.87. The third kappa shape index (κ3) is 5.04. The molecule has 0 saturated heterocycles. The first-order chi connectivity index (χ1) is 17.7. The molecule has 9 nitrogen and oxygen atoms in total. The van der Waals surface area contributed by atoms with Gasteiger partial charge in [-0.05, 0) is 60.7 Å². The van der Waals surface area contributed by atoms with E-state index in [0.717, 1.165) is 18.4 Å². The van der Waals surface area contributed by atoms with Crippen LogP contribution in [0.15, 0.2) is 65.6 Å². The van der Waals surface area contributed by atoms with Crippen LogP contribution >= 0.6 is 0 Å². The van der Waals surface area contributed by atoms with E-state index in [2.05, 4.69) is 15.0 Å². The minimum absolute atomic E-state index is 0. The highest BCUT2D eigenvalue weighted by Crippen LogP contribution is 2.51. The van der Waals surface area contributed by atoms with Crippen molar-refractivity contribution in [2.24, 2.45) is 5.92 Å². The molecule has 37 heavy (non-hydrogen) atoms. The second kappa shape index (κ2) is 9.77. The highest BCUT2D eigenvalue weighted by atomic mass is 32.2. The zero-order valence-corrected chi connectivity index (χ0v) is 21.4. The van der Waals surface area contributed by atoms with E-state index in [0.29, 0.717) is 28.6 Å². The van der Waals surface area contributed by atoms with E-state index >= 15 is 0 Å². The number of pyridine rings is 1. The zero-order valence-electron chi connectivity index (χ0n) is 20.6. The van der Waals surface area contributed by atoms with Gasteiger partial charge in [0.1, 0.15) is 5.82 Å². The number of nitrogens with zero attached hydrogens (tertiary/aromatic N) is 1. The average Bonchev–Trinajstić information content (AvgIpc) is 3.58. The Balaban J connectivity index is 0.00000187. The molecule has 200 valence electrons. The van der Waals surface area contributed by atoms with Crippen LogP contribution in [0.1, 0.15) is 36.5 Å². The zero-order chi connectivity index (χ0) is 26.2. The average molecular weight is 530 g/mol. The van der Waals surface area contributed by atoms with E-state index in [4.69, 9.17) is 9.47 Å². The predicted molar refractivity (Wildman–Crippen MR) is 144 cm³/mol. The quantitative estimate of drug-likeness (QED) is 0.379. The van der Waals surface area contributed by atoms with Crippen molar-refractivity contribution < 1.29 is 32.1 Å². The van der Waals surface area contributed by atoms with Crippen LogP contribution in [0.5, 0.6) is 11.5 Å². The van der Waals surface area contributed by atoms with Gasteiger partial charge in [-0.3, -0.25) is 4.79 Å². The first kappa shape index (κ1) is 25.2. The fourth-order valence-electron chi connectivity index (χ4n) is 4.32. The van der Waals surface area contributed by atoms with Gasteiger partial charge in [-0.1, -0.05) is 38.1 Å². The molecule has 2 aliphatic rings. The predicted octanol–water partition coefficient (Wildman–Crippen LogP) is 4.18. The number of carbonyl (C=O) groups excluding carboxylic acids is 1. The number of hydrogen-bond donors (Lipinski definition) is 3. The summed E-state index contributed by atoms with van der Waals surface area (Å²) in [6, 6.07) is 16.7. The number of ether oxygens (including phenoxy) is 2. The molecular formula is C27H35N3O6S. The van der Waals surface area contributed by atoms with Crippen molar-refractivity contribution in [3.05, 3.63) is 66.2 Å². The molecular weight excluding hydrogens is 494 g/mol. The van der Waals surface area contributed by atoms with E-state index in [9.17, 15) is 18.3 Å². The lowest BCUT2D eigenvalue weighted by Crippen LogP contribution is -2.41. The van der Waals surface area contributed by atoms with Crippen LogP contribution in [0.3, 0.4) is 0 Å². The van der Waals surface area contributed by atoms with Crippen molar-refractivity contribution in [1.29, 1.82) is 0 Å². The molecule has 5 rings (SSSR count). The molecule has 2 heterocycles. The Morgan fingerprint density at radius 3 is 2.49 bits per heavy atom. The Bertz CT molecular complexity index is 1430. The summed E-state index contributed by atoms with van der Waals surface area (Å²) in [6.07, 6.45) is 1.46. The van der Waals surface area contributed by atoms with E-state index in [1.807, 2.05) is 32.0 Å². The number of fused-ring (bicyclic) bond motifs is 1. The van der Waals surface area contributed by atoms with Crippen LogP contribution < -0.4 is 19.5 Å². The normalized spacial score (nSPS) is 16.4. The number of amides is 1. The molecule has 0 unspecified atom stereocenters. The standard InChI is InChI=1S/C27H29N3O6S.3H2/c1-17(2)22(15-31)30-37(33,34)20-9-6-18(7-10-20)21-4-3-5-25(28-21)29-26(32)27(12-13-27)19-8-11-23-24(14-19)36-16-35-23;;;/h3-11,14,17,22,30-31H,12-13,15-16H2,1-2H3,(H,28,29,32);3*1H/t22-;;;/m0.../s1. The summed E-state index contributed by atoms with van der Waals surface area (Å²) < 4.78 is 38.8. The maximum atomic E-state index is 13.2. The number of aliphatic hydroxyl groups excluding tert-OH is 1. The fourth-order valence-corrected chi connectivity index (χ4v) is 5.70. The number of aliphatic hydroxyl groups is 1. The maximum absolute atomic E-state index is 13.2. The molecule has 1 fully saturated rings. The van der Waals surface area contributed by atoms with Crippen LogP contribution in [-0.4, -0.2) is 43.9 Å². The van der Waals surface area contributed by atoms with Crippen molar-refractivity contribution in [2.45, 2.75) is 43.0 Å². The number of carbonyl (C=O) groups is 1. The largest absolute Gasteiger partial charge is 0.454 e. The van der Waals surface area contributed by atoms with Crippen LogP contribution in [-0.2, 0) is 20.2 Å². The van der Waals surface area contributed by atoms with Gasteiger partial charge in [0, 0.05) is 15.9 Å². The Morgan fingerprint density at radius 1 is 1.08 bits per heavy atom. The van der Waals surface area contributed by atoms with Gasteiger partial charge in [0.15, 0.2) is 11.5 Å². The number of aromatic nitrogens is 1. The Morgan fingerprint density at radius 2 is 1.81 bits per heavy atom. The maximum Gasteiger partial charge on any atom is 0.240 e. The SMILES string of the molecule is CC(C)[C@H](CO)NS(=O)(=O)c1ccc(-c2cccc(NC(=O)C3(c4ccc5c(c4)OCO5)CC3)n2)cc1.[HH].[HH].[HH]. The highest BCUT2D eigenvalue weighted by molar-refractivity contribution is 7.89. The fraction of sp³-hybridized carbons (Fsp3) is 0.333. The molecule has 0 bridgehead atoms. The molecule has 0 spiro atoms. The number of anilines is 1. The van der Waals surface area contributed by atoms with Crippen LogP contribution in [0.2, 0.25) is 0 Å². The van der Waals surface area contributed by atoms with Gasteiger partial charge >= 0.3 is 0 Å². The summed E-state index contributed by atoms with van der Waals surface area (Å²) in [7, 11) is -3.78. The van der Waals surface area contributed by atoms with E-state index in [1.165, 1.54) is 12.1 Å². The van der Waals surface area contributed by atoms with Crippen LogP contribution in [0.4, 0.5) is 5.82 Å². The molecule has 1 atom stereocenters. The van der Waals surface area contributed by atoms with Crippen LogP contribution in [0.25, 0.3) is 11.3 Å². The van der Waals surface area contributed by atoms with Gasteiger partial charge in [0.25, 0.3) is 0 Å². The van der Waals surface area contributed by atoms with Crippen LogP contribution in [0, 0.1) is 5.92 Å². The monoisotopic (exact) mass is 529 g/mol. The first-order valence-corrected chi connectivity index (χ1v) is 13.6.